The van der Waals surface area contributed by atoms with Crippen LogP contribution in [0.3, 0.4) is 0 Å². The molecule has 0 fully saturated rings. The van der Waals surface area contributed by atoms with Gasteiger partial charge in [-0.05, 0) is 71.1 Å². The summed E-state index contributed by atoms with van der Waals surface area (Å²) in [5.41, 5.74) is 0.383. The van der Waals surface area contributed by atoms with E-state index in [9.17, 15) is 14.3 Å². The van der Waals surface area contributed by atoms with Crippen LogP contribution in [0.5, 0.6) is 5.75 Å². The van der Waals surface area contributed by atoms with Crippen LogP contribution in [0.1, 0.15) is 22.3 Å². The number of carboxylic acids is 1. The summed E-state index contributed by atoms with van der Waals surface area (Å²) in [6.45, 7) is 0.229. The number of aromatic hydroxyl groups is 1. The molecule has 0 aliphatic carbocycles. The summed E-state index contributed by atoms with van der Waals surface area (Å²) >= 11 is 0. The lowest BCUT2D eigenvalue weighted by molar-refractivity contribution is -0.131. The van der Waals surface area contributed by atoms with Gasteiger partial charge < -0.3 is 15.1 Å². The van der Waals surface area contributed by atoms with Gasteiger partial charge in [-0.15, -0.1) is 0 Å². The van der Waals surface area contributed by atoms with E-state index in [1.807, 2.05) is 0 Å². The minimum atomic E-state index is -2.86. The maximum absolute atomic E-state index is 15.1. The van der Waals surface area contributed by atoms with Crippen molar-refractivity contribution in [3.63, 3.8) is 0 Å². The molecule has 0 aromatic heterocycles. The lowest BCUT2D eigenvalue weighted by Gasteiger charge is -2.49. The molecule has 164 valence electrons. The lowest BCUT2D eigenvalue weighted by atomic mass is 9.75. The van der Waals surface area contributed by atoms with Gasteiger partial charge in [-0.3, -0.25) is 0 Å². The molecule has 3 aromatic carbocycles. The van der Waals surface area contributed by atoms with Crippen LogP contribution in [0.4, 0.5) is 18.9 Å². The zero-order chi connectivity index (χ0) is 22.9. The van der Waals surface area contributed by atoms with Gasteiger partial charge >= 0.3 is 5.97 Å². The monoisotopic (exact) mass is 439 g/mol. The molecule has 0 saturated heterocycles. The molecule has 1 unspecified atom stereocenters. The Labute approximate surface area is 182 Å². The highest BCUT2D eigenvalue weighted by molar-refractivity contribution is 5.85. The van der Waals surface area contributed by atoms with Crippen molar-refractivity contribution in [2.24, 2.45) is 0 Å². The predicted octanol–water partition coefficient (Wildman–Crippen LogP) is 5.20. The second-order valence-corrected chi connectivity index (χ2v) is 7.58. The molecule has 32 heavy (non-hydrogen) atoms. The van der Waals surface area contributed by atoms with Crippen molar-refractivity contribution in [1.29, 1.82) is 0 Å². The third-order valence-corrected chi connectivity index (χ3v) is 5.75. The molecule has 1 aliphatic heterocycles. The Bertz CT molecular complexity index is 1160. The first-order valence-electron chi connectivity index (χ1n) is 9.97. The SMILES string of the molecule is O=C(O)/C=C/c1ccc(C2(C(F)F)c3ccc(O)cc3CCN2c2ccc(F)cc2)cc1. The Balaban J connectivity index is 1.93. The minimum Gasteiger partial charge on any atom is -0.508 e. The molecule has 4 rings (SSSR count). The van der Waals surface area contributed by atoms with E-state index < -0.39 is 23.8 Å². The highest BCUT2D eigenvalue weighted by Crippen LogP contribution is 2.48. The standard InChI is InChI=1S/C25H20F3NO3/c26-19-6-8-20(9-7-19)29-14-13-17-15-21(30)10-11-22(17)25(29,24(27)28)18-4-1-16(2-5-18)3-12-23(31)32/h1-12,15,24,30H,13-14H2,(H,31,32)/b12-3+. The minimum absolute atomic E-state index is 0.00342. The summed E-state index contributed by atoms with van der Waals surface area (Å²) in [6, 6.07) is 16.1. The van der Waals surface area contributed by atoms with Crippen LogP contribution in [0.15, 0.2) is 72.8 Å². The van der Waals surface area contributed by atoms with Crippen molar-refractivity contribution in [2.45, 2.75) is 18.4 Å². The fraction of sp³-hybridized carbons (Fsp3) is 0.160. The molecule has 0 radical (unpaired) electrons. The van der Waals surface area contributed by atoms with Crippen molar-refractivity contribution in [2.75, 3.05) is 11.4 Å². The maximum atomic E-state index is 15.1. The largest absolute Gasteiger partial charge is 0.508 e. The molecule has 2 N–H and O–H groups in total. The van der Waals surface area contributed by atoms with Gasteiger partial charge in [0, 0.05) is 18.3 Å². The van der Waals surface area contributed by atoms with E-state index in [-0.39, 0.29) is 12.3 Å². The highest BCUT2D eigenvalue weighted by Gasteiger charge is 2.51. The third kappa shape index (κ3) is 3.70. The van der Waals surface area contributed by atoms with Crippen molar-refractivity contribution < 1.29 is 28.2 Å². The van der Waals surface area contributed by atoms with Crippen LogP contribution < -0.4 is 4.90 Å². The average molecular weight is 439 g/mol. The molecule has 1 atom stereocenters. The number of carbonyl (C=O) groups is 1. The number of rotatable bonds is 5. The highest BCUT2D eigenvalue weighted by atomic mass is 19.3. The topological polar surface area (TPSA) is 60.8 Å². The van der Waals surface area contributed by atoms with Gasteiger partial charge in [-0.1, -0.05) is 30.3 Å². The van der Waals surface area contributed by atoms with Crippen molar-refractivity contribution >= 4 is 17.7 Å². The smallest absolute Gasteiger partial charge is 0.328 e. The van der Waals surface area contributed by atoms with E-state index in [0.717, 1.165) is 6.08 Å². The zero-order valence-corrected chi connectivity index (χ0v) is 16.9. The van der Waals surface area contributed by atoms with Crippen LogP contribution in [-0.4, -0.2) is 29.2 Å². The average Bonchev–Trinajstić information content (AvgIpc) is 2.77. The van der Waals surface area contributed by atoms with Gasteiger partial charge in [0.1, 0.15) is 11.6 Å². The van der Waals surface area contributed by atoms with Gasteiger partial charge in [0.25, 0.3) is 6.43 Å². The quantitative estimate of drug-likeness (QED) is 0.537. The number of halogens is 3. The summed E-state index contributed by atoms with van der Waals surface area (Å²) in [6.07, 6.45) is -0.0844. The number of alkyl halides is 2. The first kappa shape index (κ1) is 21.5. The number of phenolic OH excluding ortho intramolecular Hbond substituents is 1. The molecule has 0 amide bonds. The van der Waals surface area contributed by atoms with Crippen LogP contribution in [0.25, 0.3) is 6.08 Å². The first-order chi connectivity index (χ1) is 15.3. The van der Waals surface area contributed by atoms with Gasteiger partial charge in [0.05, 0.1) is 0 Å². The number of nitrogens with zero attached hydrogens (tertiary/aromatic N) is 1. The second-order valence-electron chi connectivity index (χ2n) is 7.58. The van der Waals surface area contributed by atoms with E-state index in [1.165, 1.54) is 48.5 Å². The molecule has 7 heteroatoms. The summed E-state index contributed by atoms with van der Waals surface area (Å²) < 4.78 is 43.8. The molecular weight excluding hydrogens is 419 g/mol. The number of phenols is 1. The number of hydrogen-bond acceptors (Lipinski definition) is 3. The third-order valence-electron chi connectivity index (χ3n) is 5.75. The van der Waals surface area contributed by atoms with Crippen LogP contribution in [-0.2, 0) is 16.8 Å². The Morgan fingerprint density at radius 3 is 2.34 bits per heavy atom. The number of aliphatic carboxylic acids is 1. The molecule has 4 nitrogen and oxygen atoms in total. The Morgan fingerprint density at radius 2 is 1.72 bits per heavy atom. The Kier molecular flexibility index (Phi) is 5.65. The van der Waals surface area contributed by atoms with E-state index in [1.54, 1.807) is 29.2 Å². The number of carboxylic acid groups (broad SMARTS) is 1. The maximum Gasteiger partial charge on any atom is 0.328 e. The van der Waals surface area contributed by atoms with Gasteiger partial charge in [0.15, 0.2) is 5.54 Å². The molecule has 3 aromatic rings. The Hall–Kier alpha value is -3.74. The van der Waals surface area contributed by atoms with Crippen LogP contribution >= 0.6 is 0 Å². The van der Waals surface area contributed by atoms with Gasteiger partial charge in [0.2, 0.25) is 0 Å². The fourth-order valence-electron chi connectivity index (χ4n) is 4.36. The number of fused-ring (bicyclic) bond motifs is 1. The zero-order valence-electron chi connectivity index (χ0n) is 16.9. The molecular formula is C25H20F3NO3. The lowest BCUT2D eigenvalue weighted by Crippen LogP contribution is -2.56. The number of anilines is 1. The van der Waals surface area contributed by atoms with E-state index in [4.69, 9.17) is 5.11 Å². The first-order valence-corrected chi connectivity index (χ1v) is 9.97. The second kappa shape index (κ2) is 8.42. The number of hydrogen-bond donors (Lipinski definition) is 2. The van der Waals surface area contributed by atoms with Crippen LogP contribution in [0.2, 0.25) is 0 Å². The van der Waals surface area contributed by atoms with Crippen LogP contribution in [0, 0.1) is 5.82 Å². The number of benzene rings is 3. The molecule has 0 spiro atoms. The Morgan fingerprint density at radius 1 is 1.03 bits per heavy atom. The molecule has 0 saturated carbocycles. The van der Waals surface area contributed by atoms with E-state index in [2.05, 4.69) is 0 Å². The summed E-state index contributed by atoms with van der Waals surface area (Å²) in [4.78, 5) is 12.3. The fourth-order valence-corrected chi connectivity index (χ4v) is 4.36. The van der Waals surface area contributed by atoms with Crippen molar-refractivity contribution in [1.82, 2.24) is 0 Å². The van der Waals surface area contributed by atoms with E-state index >= 15 is 8.78 Å². The molecule has 0 bridgehead atoms. The normalized spacial score (nSPS) is 18.2. The summed E-state index contributed by atoms with van der Waals surface area (Å²) in [5, 5.41) is 18.7. The van der Waals surface area contributed by atoms with Gasteiger partial charge in [-0.2, -0.15) is 0 Å². The van der Waals surface area contributed by atoms with Crippen molar-refractivity contribution in [3.8, 4) is 5.75 Å². The van der Waals surface area contributed by atoms with E-state index in [0.29, 0.717) is 34.4 Å². The molecule has 1 aliphatic rings. The summed E-state index contributed by atoms with van der Waals surface area (Å²) in [7, 11) is 0. The molecule has 1 heterocycles. The summed E-state index contributed by atoms with van der Waals surface area (Å²) in [5.74, 6) is -1.58. The van der Waals surface area contributed by atoms with Gasteiger partial charge in [-0.25, -0.2) is 18.0 Å². The van der Waals surface area contributed by atoms with Crippen molar-refractivity contribution in [3.05, 3.63) is 101 Å². The predicted molar refractivity (Wildman–Crippen MR) is 115 cm³/mol.